The summed E-state index contributed by atoms with van der Waals surface area (Å²) >= 11 is 1.64. The number of rotatable bonds is 6. The van der Waals surface area contributed by atoms with E-state index in [0.717, 1.165) is 16.7 Å². The van der Waals surface area contributed by atoms with Crippen LogP contribution in [0.25, 0.3) is 0 Å². The molecule has 1 unspecified atom stereocenters. The Morgan fingerprint density at radius 1 is 1.16 bits per heavy atom. The van der Waals surface area contributed by atoms with E-state index in [9.17, 15) is 4.39 Å². The normalized spacial score (nSPS) is 12.2. The average molecular weight is 357 g/mol. The number of hydrogen-bond acceptors (Lipinski definition) is 4. The van der Waals surface area contributed by atoms with Crippen LogP contribution in [-0.4, -0.2) is 14.8 Å². The molecule has 1 heterocycles. The van der Waals surface area contributed by atoms with Gasteiger partial charge in [0, 0.05) is 12.8 Å². The van der Waals surface area contributed by atoms with Crippen LogP contribution in [0.15, 0.2) is 53.7 Å². The molecule has 0 aliphatic carbocycles. The lowest BCUT2D eigenvalue weighted by Crippen LogP contribution is -2.10. The number of halogens is 1. The lowest BCUT2D eigenvalue weighted by atomic mass is 10.2. The number of nitrogens with zero attached hydrogens (tertiary/aromatic N) is 3. The molecule has 0 saturated carbocycles. The molecule has 25 heavy (non-hydrogen) atoms. The average Bonchev–Trinajstić information content (AvgIpc) is 2.96. The maximum Gasteiger partial charge on any atom is 0.191 e. The molecule has 0 N–H and O–H groups in total. The molecule has 3 rings (SSSR count). The van der Waals surface area contributed by atoms with Gasteiger partial charge in [0.2, 0.25) is 0 Å². The summed E-state index contributed by atoms with van der Waals surface area (Å²) in [6, 6.07) is 14.4. The number of aryl methyl sites for hydroxylation is 1. The van der Waals surface area contributed by atoms with Crippen LogP contribution in [0.3, 0.4) is 0 Å². The largest absolute Gasteiger partial charge is 0.483 e. The second kappa shape index (κ2) is 7.70. The van der Waals surface area contributed by atoms with Gasteiger partial charge in [-0.25, -0.2) is 4.39 Å². The fourth-order valence-corrected chi connectivity index (χ4v) is 3.39. The highest BCUT2D eigenvalue weighted by Crippen LogP contribution is 2.25. The highest BCUT2D eigenvalue weighted by Gasteiger charge is 2.17. The van der Waals surface area contributed by atoms with Crippen LogP contribution in [-0.2, 0) is 12.8 Å². The molecular formula is C19H20FN3OS. The SMILES string of the molecule is Cc1cccc(CSc2nnc(C(C)Oc3ccc(F)cc3)n2C)c1. The van der Waals surface area contributed by atoms with E-state index in [1.54, 1.807) is 23.9 Å². The van der Waals surface area contributed by atoms with Crippen molar-refractivity contribution in [3.63, 3.8) is 0 Å². The van der Waals surface area contributed by atoms with Crippen LogP contribution in [0.1, 0.15) is 30.0 Å². The Balaban J connectivity index is 1.66. The van der Waals surface area contributed by atoms with Crippen molar-refractivity contribution in [3.05, 3.63) is 71.3 Å². The lowest BCUT2D eigenvalue weighted by Gasteiger charge is -2.14. The van der Waals surface area contributed by atoms with Crippen molar-refractivity contribution >= 4 is 11.8 Å². The number of aromatic nitrogens is 3. The molecule has 1 aromatic heterocycles. The summed E-state index contributed by atoms with van der Waals surface area (Å²) in [4.78, 5) is 0. The fraction of sp³-hybridized carbons (Fsp3) is 0.263. The molecule has 4 nitrogen and oxygen atoms in total. The van der Waals surface area contributed by atoms with E-state index in [-0.39, 0.29) is 11.9 Å². The van der Waals surface area contributed by atoms with Gasteiger partial charge in [-0.15, -0.1) is 10.2 Å². The van der Waals surface area contributed by atoms with Crippen molar-refractivity contribution in [3.8, 4) is 5.75 Å². The zero-order valence-electron chi connectivity index (χ0n) is 14.4. The molecule has 0 bridgehead atoms. The predicted octanol–water partition coefficient (Wildman–Crippen LogP) is 4.69. The van der Waals surface area contributed by atoms with Gasteiger partial charge in [-0.2, -0.15) is 0 Å². The Kier molecular flexibility index (Phi) is 5.38. The summed E-state index contributed by atoms with van der Waals surface area (Å²) in [5.74, 6) is 1.89. The van der Waals surface area contributed by atoms with Crippen LogP contribution in [0.2, 0.25) is 0 Å². The first-order valence-electron chi connectivity index (χ1n) is 8.03. The van der Waals surface area contributed by atoms with E-state index in [2.05, 4.69) is 41.4 Å². The monoisotopic (exact) mass is 357 g/mol. The third-order valence-electron chi connectivity index (χ3n) is 3.81. The molecule has 0 saturated heterocycles. The molecule has 1 atom stereocenters. The van der Waals surface area contributed by atoms with Crippen LogP contribution < -0.4 is 4.74 Å². The smallest absolute Gasteiger partial charge is 0.191 e. The van der Waals surface area contributed by atoms with Gasteiger partial charge in [0.25, 0.3) is 0 Å². The summed E-state index contributed by atoms with van der Waals surface area (Å²) in [7, 11) is 1.93. The molecule has 0 aliphatic heterocycles. The van der Waals surface area contributed by atoms with Gasteiger partial charge in [-0.3, -0.25) is 0 Å². The lowest BCUT2D eigenvalue weighted by molar-refractivity contribution is 0.211. The number of benzene rings is 2. The topological polar surface area (TPSA) is 39.9 Å². The first-order chi connectivity index (χ1) is 12.0. The fourth-order valence-electron chi connectivity index (χ4n) is 2.53. The Morgan fingerprint density at radius 2 is 1.92 bits per heavy atom. The molecule has 6 heteroatoms. The van der Waals surface area contributed by atoms with Gasteiger partial charge >= 0.3 is 0 Å². The first kappa shape index (κ1) is 17.5. The third kappa shape index (κ3) is 4.39. The van der Waals surface area contributed by atoms with Crippen molar-refractivity contribution < 1.29 is 9.13 Å². The Morgan fingerprint density at radius 3 is 2.64 bits per heavy atom. The van der Waals surface area contributed by atoms with Crippen molar-refractivity contribution in [2.75, 3.05) is 0 Å². The number of ether oxygens (including phenoxy) is 1. The highest BCUT2D eigenvalue weighted by molar-refractivity contribution is 7.98. The molecule has 3 aromatic rings. The van der Waals surface area contributed by atoms with E-state index >= 15 is 0 Å². The Labute approximate surface area is 151 Å². The van der Waals surface area contributed by atoms with Gasteiger partial charge in [0.15, 0.2) is 17.1 Å². The van der Waals surface area contributed by atoms with Crippen LogP contribution in [0, 0.1) is 12.7 Å². The van der Waals surface area contributed by atoms with Crippen LogP contribution in [0.5, 0.6) is 5.75 Å². The van der Waals surface area contributed by atoms with E-state index in [0.29, 0.717) is 5.75 Å². The quantitative estimate of drug-likeness (QED) is 0.600. The van der Waals surface area contributed by atoms with Gasteiger partial charge in [-0.05, 0) is 43.7 Å². The Hall–Kier alpha value is -2.34. The van der Waals surface area contributed by atoms with E-state index < -0.39 is 0 Å². The van der Waals surface area contributed by atoms with Gasteiger partial charge in [-0.1, -0.05) is 41.6 Å². The standard InChI is InChI=1S/C19H20FN3OS/c1-13-5-4-6-15(11-13)12-25-19-22-21-18(23(19)3)14(2)24-17-9-7-16(20)8-10-17/h4-11,14H,12H2,1-3H3. The first-order valence-corrected chi connectivity index (χ1v) is 9.01. The van der Waals surface area contributed by atoms with E-state index in [4.69, 9.17) is 4.74 Å². The van der Waals surface area contributed by atoms with Crippen LogP contribution in [0.4, 0.5) is 4.39 Å². The summed E-state index contributed by atoms with van der Waals surface area (Å²) in [6.07, 6.45) is -0.281. The molecule has 0 radical (unpaired) electrons. The molecule has 0 spiro atoms. The number of thioether (sulfide) groups is 1. The molecule has 0 aliphatic rings. The molecule has 2 aromatic carbocycles. The van der Waals surface area contributed by atoms with Crippen molar-refractivity contribution in [2.45, 2.75) is 30.9 Å². The number of hydrogen-bond donors (Lipinski definition) is 0. The molecule has 0 amide bonds. The highest BCUT2D eigenvalue weighted by atomic mass is 32.2. The van der Waals surface area contributed by atoms with Crippen molar-refractivity contribution in [1.29, 1.82) is 0 Å². The molecular weight excluding hydrogens is 337 g/mol. The minimum absolute atomic E-state index is 0.281. The summed E-state index contributed by atoms with van der Waals surface area (Å²) in [6.45, 7) is 3.99. The Bertz CT molecular complexity index is 848. The van der Waals surface area contributed by atoms with Crippen molar-refractivity contribution in [2.24, 2.45) is 7.05 Å². The predicted molar refractivity (Wildman–Crippen MR) is 97.2 cm³/mol. The minimum atomic E-state index is -0.284. The maximum absolute atomic E-state index is 13.0. The maximum atomic E-state index is 13.0. The third-order valence-corrected chi connectivity index (χ3v) is 4.90. The zero-order chi connectivity index (χ0) is 17.8. The van der Waals surface area contributed by atoms with Crippen molar-refractivity contribution in [1.82, 2.24) is 14.8 Å². The zero-order valence-corrected chi connectivity index (χ0v) is 15.3. The second-order valence-electron chi connectivity index (χ2n) is 5.89. The van der Waals surface area contributed by atoms with Gasteiger partial charge in [0.05, 0.1) is 0 Å². The van der Waals surface area contributed by atoms with Gasteiger partial charge in [0.1, 0.15) is 11.6 Å². The van der Waals surface area contributed by atoms with Crippen LogP contribution >= 0.6 is 11.8 Å². The summed E-state index contributed by atoms with van der Waals surface area (Å²) in [5.41, 5.74) is 2.50. The summed E-state index contributed by atoms with van der Waals surface area (Å²) < 4.78 is 20.7. The van der Waals surface area contributed by atoms with E-state index in [1.165, 1.54) is 23.3 Å². The molecule has 0 fully saturated rings. The second-order valence-corrected chi connectivity index (χ2v) is 6.83. The van der Waals surface area contributed by atoms with E-state index in [1.807, 2.05) is 18.5 Å². The van der Waals surface area contributed by atoms with Gasteiger partial charge < -0.3 is 9.30 Å². The summed E-state index contributed by atoms with van der Waals surface area (Å²) in [5, 5.41) is 9.36. The minimum Gasteiger partial charge on any atom is -0.483 e. The molecule has 130 valence electrons.